The molecule has 1 aliphatic rings. The Labute approximate surface area is 87.3 Å². The van der Waals surface area contributed by atoms with Crippen molar-refractivity contribution in [1.29, 1.82) is 0 Å². The van der Waals surface area contributed by atoms with Crippen LogP contribution in [0.4, 0.5) is 4.39 Å². The molecule has 1 aromatic rings. The number of aromatic nitrogens is 1. The minimum atomic E-state index is -0.414. The van der Waals surface area contributed by atoms with Crippen molar-refractivity contribution in [2.24, 2.45) is 5.92 Å². The maximum absolute atomic E-state index is 13.8. The molecule has 0 bridgehead atoms. The van der Waals surface area contributed by atoms with E-state index < -0.39 is 5.82 Å². The van der Waals surface area contributed by atoms with Gasteiger partial charge < -0.3 is 9.53 Å². The van der Waals surface area contributed by atoms with Gasteiger partial charge in [-0.2, -0.15) is 0 Å². The Morgan fingerprint density at radius 1 is 1.47 bits per heavy atom. The van der Waals surface area contributed by atoms with Crippen molar-refractivity contribution >= 4 is 6.29 Å². The molecule has 0 amide bonds. The van der Waals surface area contributed by atoms with Crippen LogP contribution < -0.4 is 4.74 Å². The zero-order valence-corrected chi connectivity index (χ0v) is 8.71. The van der Waals surface area contributed by atoms with E-state index in [1.54, 1.807) is 0 Å². The average Bonchev–Trinajstić information content (AvgIpc) is 2.68. The van der Waals surface area contributed by atoms with E-state index in [-0.39, 0.29) is 11.8 Å². The molecule has 1 aromatic heterocycles. The molecular formula is C11H12FNO2. The number of aldehydes is 1. The molecule has 80 valence electrons. The van der Waals surface area contributed by atoms with E-state index >= 15 is 0 Å². The first-order chi connectivity index (χ1) is 7.17. The Morgan fingerprint density at radius 3 is 2.73 bits per heavy atom. The number of hydrogen-bond donors (Lipinski definition) is 0. The normalized spacial score (nSPS) is 18.7. The van der Waals surface area contributed by atoms with Crippen LogP contribution in [0.15, 0.2) is 0 Å². The van der Waals surface area contributed by atoms with E-state index in [4.69, 9.17) is 4.74 Å². The molecule has 0 aromatic carbocycles. The molecule has 15 heavy (non-hydrogen) atoms. The van der Waals surface area contributed by atoms with Gasteiger partial charge in [-0.25, -0.2) is 9.37 Å². The lowest BCUT2D eigenvalue weighted by Crippen LogP contribution is -2.01. The third-order valence-corrected chi connectivity index (χ3v) is 2.84. The summed E-state index contributed by atoms with van der Waals surface area (Å²) in [6.45, 7) is 1.81. The zero-order valence-electron chi connectivity index (χ0n) is 8.71. The van der Waals surface area contributed by atoms with Crippen LogP contribution in [0, 0.1) is 18.7 Å². The number of rotatable bonds is 2. The van der Waals surface area contributed by atoms with Crippen LogP contribution in [0.25, 0.3) is 0 Å². The lowest BCUT2D eigenvalue weighted by atomic mass is 10.1. The number of methoxy groups -OCH3 is 1. The fraction of sp³-hybridized carbons (Fsp3) is 0.455. The lowest BCUT2D eigenvalue weighted by molar-refractivity contribution is -0.110. The highest BCUT2D eigenvalue weighted by molar-refractivity contribution is 5.59. The van der Waals surface area contributed by atoms with Gasteiger partial charge in [-0.3, -0.25) is 0 Å². The SMILES string of the molecule is COc1nc(C)c2c(c1F)CC(C=O)C2. The Hall–Kier alpha value is -1.45. The number of halogens is 1. The molecule has 1 unspecified atom stereocenters. The van der Waals surface area contributed by atoms with Gasteiger partial charge in [-0.1, -0.05) is 0 Å². The number of carbonyl (C=O) groups excluding carboxylic acids is 1. The van der Waals surface area contributed by atoms with Crippen LogP contribution >= 0.6 is 0 Å². The number of carbonyl (C=O) groups is 1. The number of nitrogens with zero attached hydrogens (tertiary/aromatic N) is 1. The van der Waals surface area contributed by atoms with Gasteiger partial charge in [0.15, 0.2) is 5.82 Å². The highest BCUT2D eigenvalue weighted by atomic mass is 19.1. The maximum atomic E-state index is 13.8. The standard InChI is InChI=1S/C11H12FNO2/c1-6-8-3-7(5-14)4-9(8)10(12)11(13-6)15-2/h5,7H,3-4H2,1-2H3. The van der Waals surface area contributed by atoms with Crippen molar-refractivity contribution in [3.8, 4) is 5.88 Å². The fourth-order valence-corrected chi connectivity index (χ4v) is 2.06. The second-order valence-corrected chi connectivity index (χ2v) is 3.78. The summed E-state index contributed by atoms with van der Waals surface area (Å²) in [5.41, 5.74) is 2.22. The van der Waals surface area contributed by atoms with Crippen LogP contribution in [0.3, 0.4) is 0 Å². The third-order valence-electron chi connectivity index (χ3n) is 2.84. The zero-order chi connectivity index (χ0) is 11.0. The van der Waals surface area contributed by atoms with Crippen molar-refractivity contribution < 1.29 is 13.9 Å². The molecule has 4 heteroatoms. The van der Waals surface area contributed by atoms with Crippen LogP contribution in [0.2, 0.25) is 0 Å². The van der Waals surface area contributed by atoms with Crippen LogP contribution in [-0.2, 0) is 17.6 Å². The first kappa shape index (κ1) is 10.1. The molecule has 0 aliphatic heterocycles. The molecule has 0 spiro atoms. The van der Waals surface area contributed by atoms with Gasteiger partial charge in [0.1, 0.15) is 6.29 Å². The first-order valence-electron chi connectivity index (χ1n) is 4.84. The summed E-state index contributed by atoms with van der Waals surface area (Å²) >= 11 is 0. The highest BCUT2D eigenvalue weighted by Crippen LogP contribution is 2.33. The van der Waals surface area contributed by atoms with E-state index in [1.165, 1.54) is 7.11 Å². The summed E-state index contributed by atoms with van der Waals surface area (Å²) in [7, 11) is 1.39. The van der Waals surface area contributed by atoms with Crippen LogP contribution in [-0.4, -0.2) is 18.4 Å². The van der Waals surface area contributed by atoms with Crippen molar-refractivity contribution in [3.05, 3.63) is 22.6 Å². The number of ether oxygens (including phenoxy) is 1. The van der Waals surface area contributed by atoms with Gasteiger partial charge in [-0.15, -0.1) is 0 Å². The van der Waals surface area contributed by atoms with E-state index in [2.05, 4.69) is 4.98 Å². The van der Waals surface area contributed by atoms with E-state index in [1.807, 2.05) is 6.92 Å². The second kappa shape index (κ2) is 3.61. The molecule has 1 heterocycles. The Balaban J connectivity index is 2.53. The average molecular weight is 209 g/mol. The molecule has 0 radical (unpaired) electrons. The molecule has 0 saturated carbocycles. The number of pyridine rings is 1. The fourth-order valence-electron chi connectivity index (χ4n) is 2.06. The smallest absolute Gasteiger partial charge is 0.250 e. The predicted octanol–water partition coefficient (Wildman–Crippen LogP) is 1.45. The maximum Gasteiger partial charge on any atom is 0.250 e. The van der Waals surface area contributed by atoms with Gasteiger partial charge in [0.2, 0.25) is 0 Å². The Kier molecular flexibility index (Phi) is 2.42. The Morgan fingerprint density at radius 2 is 2.13 bits per heavy atom. The van der Waals surface area contributed by atoms with Crippen molar-refractivity contribution in [2.75, 3.05) is 7.11 Å². The second-order valence-electron chi connectivity index (χ2n) is 3.78. The van der Waals surface area contributed by atoms with Crippen LogP contribution in [0.5, 0.6) is 5.88 Å². The molecule has 1 aliphatic carbocycles. The molecule has 2 rings (SSSR count). The van der Waals surface area contributed by atoms with Crippen LogP contribution in [0.1, 0.15) is 16.8 Å². The number of aryl methyl sites for hydroxylation is 1. The van der Waals surface area contributed by atoms with Gasteiger partial charge in [0.05, 0.1) is 7.11 Å². The quantitative estimate of drug-likeness (QED) is 0.692. The summed E-state index contributed by atoms with van der Waals surface area (Å²) in [4.78, 5) is 14.7. The van der Waals surface area contributed by atoms with Gasteiger partial charge in [0.25, 0.3) is 5.88 Å². The topological polar surface area (TPSA) is 39.2 Å². The summed E-state index contributed by atoms with van der Waals surface area (Å²) in [6, 6.07) is 0. The summed E-state index contributed by atoms with van der Waals surface area (Å²) in [6.07, 6.45) is 1.94. The van der Waals surface area contributed by atoms with Gasteiger partial charge in [0, 0.05) is 11.6 Å². The van der Waals surface area contributed by atoms with Crippen molar-refractivity contribution in [2.45, 2.75) is 19.8 Å². The van der Waals surface area contributed by atoms with E-state index in [0.29, 0.717) is 18.4 Å². The minimum Gasteiger partial charge on any atom is -0.479 e. The highest BCUT2D eigenvalue weighted by Gasteiger charge is 2.28. The van der Waals surface area contributed by atoms with Gasteiger partial charge in [-0.05, 0) is 30.9 Å². The first-order valence-corrected chi connectivity index (χ1v) is 4.84. The molecule has 1 atom stereocenters. The summed E-state index contributed by atoms with van der Waals surface area (Å²) in [5, 5.41) is 0. The monoisotopic (exact) mass is 209 g/mol. The third kappa shape index (κ3) is 1.50. The summed E-state index contributed by atoms with van der Waals surface area (Å²) < 4.78 is 18.6. The van der Waals surface area contributed by atoms with E-state index in [9.17, 15) is 9.18 Å². The predicted molar refractivity (Wildman–Crippen MR) is 52.4 cm³/mol. The molecule has 3 nitrogen and oxygen atoms in total. The lowest BCUT2D eigenvalue weighted by Gasteiger charge is -2.08. The largest absolute Gasteiger partial charge is 0.479 e. The molecule has 0 fully saturated rings. The van der Waals surface area contributed by atoms with E-state index in [0.717, 1.165) is 17.5 Å². The number of hydrogen-bond acceptors (Lipinski definition) is 3. The summed E-state index contributed by atoms with van der Waals surface area (Å²) in [5.74, 6) is -0.498. The molecule has 0 N–H and O–H groups in total. The number of fused-ring (bicyclic) bond motifs is 1. The Bertz CT molecular complexity index is 418. The van der Waals surface area contributed by atoms with Gasteiger partial charge >= 0.3 is 0 Å². The molecular weight excluding hydrogens is 197 g/mol. The molecule has 0 saturated heterocycles. The van der Waals surface area contributed by atoms with Crippen molar-refractivity contribution in [1.82, 2.24) is 4.98 Å². The minimum absolute atomic E-state index is 0.0257. The van der Waals surface area contributed by atoms with Crippen molar-refractivity contribution in [3.63, 3.8) is 0 Å².